The molecule has 1 aliphatic rings. The van der Waals surface area contributed by atoms with Crippen molar-refractivity contribution in [1.82, 2.24) is 19.2 Å². The number of para-hydroxylation sites is 1. The molecule has 73 heavy (non-hydrogen) atoms. The molecule has 0 saturated heterocycles. The summed E-state index contributed by atoms with van der Waals surface area (Å²) in [7, 11) is -5.30. The molecule has 378 valence electrons. The molecule has 0 unspecified atom stereocenters. The molecule has 0 fully saturated rings. The first kappa shape index (κ1) is 51.2. The SMILES string of the molecule is CCc1cccc(CC)c1-n1nc2c(c1-c1ccc(F)c3c1ccn3C(=O)c1ccccc1C(Cc1ccccc1)(Cc1ccccc1)OP(=O)(O)O)CN(Cc1ccc(C(F)(F)F)cc1C(F)(F)F)C2(C)C. The summed E-state index contributed by atoms with van der Waals surface area (Å²) in [4.78, 5) is 38.2. The van der Waals surface area contributed by atoms with Gasteiger partial charge in [-0.25, -0.2) is 13.6 Å². The Bertz CT molecular complexity index is 3350. The zero-order chi connectivity index (χ0) is 52.3. The van der Waals surface area contributed by atoms with Crippen LogP contribution in [-0.4, -0.2) is 34.9 Å². The Morgan fingerprint density at radius 1 is 0.726 bits per heavy atom. The van der Waals surface area contributed by atoms with E-state index >= 15 is 9.18 Å². The van der Waals surface area contributed by atoms with Crippen LogP contribution in [0.1, 0.15) is 93.8 Å². The van der Waals surface area contributed by atoms with E-state index in [-0.39, 0.29) is 53.0 Å². The highest BCUT2D eigenvalue weighted by Crippen LogP contribution is 2.51. The zero-order valence-electron chi connectivity index (χ0n) is 40.1. The number of phosphoric ester groups is 1. The fraction of sp³-hybridized carbons (Fsp3) is 0.250. The smallest absolute Gasteiger partial charge is 0.303 e. The molecule has 9 nitrogen and oxygen atoms in total. The van der Waals surface area contributed by atoms with Gasteiger partial charge < -0.3 is 9.79 Å². The molecule has 0 saturated carbocycles. The number of aryl methyl sites for hydroxylation is 2. The summed E-state index contributed by atoms with van der Waals surface area (Å²) in [5.74, 6) is -1.52. The molecule has 0 aliphatic carbocycles. The number of carbonyl (C=O) groups excluding carboxylic acids is 1. The van der Waals surface area contributed by atoms with Crippen molar-refractivity contribution in [2.75, 3.05) is 0 Å². The summed E-state index contributed by atoms with van der Waals surface area (Å²) in [6.07, 6.45) is -7.69. The predicted octanol–water partition coefficient (Wildman–Crippen LogP) is 13.5. The molecule has 6 aromatic carbocycles. The van der Waals surface area contributed by atoms with Crippen molar-refractivity contribution in [3.63, 3.8) is 0 Å². The van der Waals surface area contributed by atoms with Gasteiger partial charge in [-0.15, -0.1) is 0 Å². The molecule has 3 heterocycles. The summed E-state index contributed by atoms with van der Waals surface area (Å²) < 4.78 is 123. The van der Waals surface area contributed by atoms with Gasteiger partial charge in [-0.1, -0.05) is 117 Å². The minimum atomic E-state index is -5.30. The van der Waals surface area contributed by atoms with Crippen LogP contribution >= 0.6 is 7.82 Å². The molecule has 8 aromatic rings. The summed E-state index contributed by atoms with van der Waals surface area (Å²) in [5, 5.41) is 5.50. The summed E-state index contributed by atoms with van der Waals surface area (Å²) in [5.41, 5.74) is -0.309. The third-order valence-electron chi connectivity index (χ3n) is 13.9. The predicted molar refractivity (Wildman–Crippen MR) is 263 cm³/mol. The van der Waals surface area contributed by atoms with Gasteiger partial charge in [0.15, 0.2) is 0 Å². The largest absolute Gasteiger partial charge is 0.470 e. The van der Waals surface area contributed by atoms with E-state index in [1.54, 1.807) is 114 Å². The van der Waals surface area contributed by atoms with E-state index in [1.165, 1.54) is 18.3 Å². The standard InChI is InChI=1S/C56H50F7N4O5P/c1-5-37-20-15-21-38(6-2)48(37)67-49(44-34-65(53(3,4)51(44)64-67)33-39-24-25-40(55(58,59)60)30-46(39)56(61,62)63)41-26-27-47(57)50-42(41)28-29-66(50)52(68)43-22-13-14-23-45(43)54(72-73(69,70)71,31-35-16-9-7-10-17-35)32-36-18-11-8-12-19-36/h7-30H,5-6,31-34H2,1-4H3,(H2,69,70,71). The van der Waals surface area contributed by atoms with Crippen LogP contribution in [0.4, 0.5) is 30.7 Å². The highest BCUT2D eigenvalue weighted by Gasteiger charge is 2.46. The van der Waals surface area contributed by atoms with Gasteiger partial charge >= 0.3 is 20.2 Å². The van der Waals surface area contributed by atoms with Crippen LogP contribution in [-0.2, 0) is 71.4 Å². The third kappa shape index (κ3) is 9.82. The minimum Gasteiger partial charge on any atom is -0.303 e. The number of aromatic nitrogens is 3. The van der Waals surface area contributed by atoms with Gasteiger partial charge in [-0.05, 0) is 96.5 Å². The highest BCUT2D eigenvalue weighted by molar-refractivity contribution is 7.46. The normalized spacial score (nSPS) is 14.3. The second kappa shape index (κ2) is 19.3. The Hall–Kier alpha value is -6.68. The Morgan fingerprint density at radius 2 is 1.33 bits per heavy atom. The van der Waals surface area contributed by atoms with Crippen molar-refractivity contribution in [1.29, 1.82) is 0 Å². The molecule has 0 amide bonds. The molecular formula is C56H50F7N4O5P. The first-order chi connectivity index (χ1) is 34.5. The fourth-order valence-corrected chi connectivity index (χ4v) is 11.1. The molecular weight excluding hydrogens is 973 g/mol. The molecule has 2 aromatic heterocycles. The number of benzene rings is 6. The molecule has 0 radical (unpaired) electrons. The first-order valence-corrected chi connectivity index (χ1v) is 25.1. The lowest BCUT2D eigenvalue weighted by Crippen LogP contribution is -2.36. The number of hydrogen-bond acceptors (Lipinski definition) is 5. The summed E-state index contributed by atoms with van der Waals surface area (Å²) in [6.45, 7) is 7.13. The average Bonchev–Trinajstić information content (AvgIpc) is 4.03. The molecule has 0 spiro atoms. The number of alkyl halides is 6. The van der Waals surface area contributed by atoms with Crippen molar-refractivity contribution in [2.45, 2.75) is 90.0 Å². The van der Waals surface area contributed by atoms with E-state index in [1.807, 2.05) is 32.0 Å². The quantitative estimate of drug-likeness (QED) is 0.0825. The number of phosphoric acid groups is 1. The maximum absolute atomic E-state index is 16.8. The molecule has 17 heteroatoms. The van der Waals surface area contributed by atoms with Gasteiger partial charge in [0.2, 0.25) is 0 Å². The lowest BCUT2D eigenvalue weighted by atomic mass is 9.80. The van der Waals surface area contributed by atoms with Gasteiger partial charge in [-0.3, -0.25) is 18.8 Å². The second-order valence-electron chi connectivity index (χ2n) is 18.8. The van der Waals surface area contributed by atoms with E-state index in [0.717, 1.165) is 27.4 Å². The van der Waals surface area contributed by atoms with Crippen LogP contribution in [0.3, 0.4) is 0 Å². The monoisotopic (exact) mass is 1020 g/mol. The first-order valence-electron chi connectivity index (χ1n) is 23.6. The van der Waals surface area contributed by atoms with Crippen molar-refractivity contribution in [3.05, 3.63) is 213 Å². The van der Waals surface area contributed by atoms with Gasteiger partial charge in [0.1, 0.15) is 11.4 Å². The lowest BCUT2D eigenvalue weighted by Gasteiger charge is -2.36. The number of halogens is 7. The number of nitrogens with zero attached hydrogens (tertiary/aromatic N) is 4. The van der Waals surface area contributed by atoms with Crippen molar-refractivity contribution in [2.24, 2.45) is 0 Å². The van der Waals surface area contributed by atoms with E-state index in [4.69, 9.17) is 9.62 Å². The maximum Gasteiger partial charge on any atom is 0.470 e. The van der Waals surface area contributed by atoms with Crippen molar-refractivity contribution >= 4 is 24.6 Å². The van der Waals surface area contributed by atoms with Crippen molar-refractivity contribution < 1.29 is 54.4 Å². The number of fused-ring (bicyclic) bond motifs is 2. The maximum atomic E-state index is 16.8. The molecule has 0 atom stereocenters. The number of hydrogen-bond donors (Lipinski definition) is 2. The van der Waals surface area contributed by atoms with Crippen LogP contribution in [0, 0.1) is 5.82 Å². The van der Waals surface area contributed by atoms with Crippen molar-refractivity contribution in [3.8, 4) is 16.9 Å². The lowest BCUT2D eigenvalue weighted by molar-refractivity contribution is -0.143. The van der Waals surface area contributed by atoms with E-state index in [2.05, 4.69) is 0 Å². The van der Waals surface area contributed by atoms with E-state index in [0.29, 0.717) is 52.5 Å². The Labute approximate surface area is 416 Å². The Morgan fingerprint density at radius 3 is 1.90 bits per heavy atom. The minimum absolute atomic E-state index is 0.0118. The molecule has 0 bridgehead atoms. The Kier molecular flexibility index (Phi) is 13.5. The topological polar surface area (TPSA) is 110 Å². The highest BCUT2D eigenvalue weighted by atomic mass is 31.2. The average molecular weight is 1020 g/mol. The van der Waals surface area contributed by atoms with Gasteiger partial charge in [0, 0.05) is 54.2 Å². The van der Waals surface area contributed by atoms with Crippen LogP contribution in [0.2, 0.25) is 0 Å². The molecule has 9 rings (SSSR count). The third-order valence-corrected chi connectivity index (χ3v) is 14.5. The van der Waals surface area contributed by atoms with E-state index in [9.17, 15) is 40.7 Å². The zero-order valence-corrected chi connectivity index (χ0v) is 41.0. The van der Waals surface area contributed by atoms with Gasteiger partial charge in [0.05, 0.1) is 39.3 Å². The molecule has 2 N–H and O–H groups in total. The fourth-order valence-electron chi connectivity index (χ4n) is 10.4. The summed E-state index contributed by atoms with van der Waals surface area (Å²) in [6, 6.07) is 35.9. The van der Waals surface area contributed by atoms with E-state index < -0.39 is 60.7 Å². The number of carbonyl (C=O) groups is 1. The van der Waals surface area contributed by atoms with Crippen LogP contribution < -0.4 is 0 Å². The Balaban J connectivity index is 1.22. The van der Waals surface area contributed by atoms with Crippen LogP contribution in [0.15, 0.2) is 146 Å². The second-order valence-corrected chi connectivity index (χ2v) is 20.0. The van der Waals surface area contributed by atoms with Crippen LogP contribution in [0.25, 0.3) is 27.8 Å². The van der Waals surface area contributed by atoms with Gasteiger partial charge in [0.25, 0.3) is 5.91 Å². The number of rotatable bonds is 14. The molecule has 1 aliphatic heterocycles. The van der Waals surface area contributed by atoms with Crippen LogP contribution in [0.5, 0.6) is 0 Å². The summed E-state index contributed by atoms with van der Waals surface area (Å²) >= 11 is 0. The van der Waals surface area contributed by atoms with Gasteiger partial charge in [-0.2, -0.15) is 31.4 Å².